The molecule has 0 bridgehead atoms. The van der Waals surface area contributed by atoms with Gasteiger partial charge >= 0.3 is 0 Å². The highest BCUT2D eigenvalue weighted by Gasteiger charge is 2.18. The molecule has 120 valence electrons. The van der Waals surface area contributed by atoms with Gasteiger partial charge in [0.1, 0.15) is 0 Å². The van der Waals surface area contributed by atoms with Crippen LogP contribution in [0.2, 0.25) is 0 Å². The number of amides is 1. The zero-order valence-corrected chi connectivity index (χ0v) is 14.0. The Morgan fingerprint density at radius 2 is 2.00 bits per heavy atom. The summed E-state index contributed by atoms with van der Waals surface area (Å²) < 4.78 is 5.08. The molecule has 0 heterocycles. The van der Waals surface area contributed by atoms with E-state index in [1.807, 2.05) is 24.3 Å². The van der Waals surface area contributed by atoms with E-state index in [-0.39, 0.29) is 23.7 Å². The summed E-state index contributed by atoms with van der Waals surface area (Å²) in [5.74, 6) is 0.0683. The summed E-state index contributed by atoms with van der Waals surface area (Å²) in [6.45, 7) is 5.63. The van der Waals surface area contributed by atoms with Crippen LogP contribution in [-0.4, -0.2) is 26.2 Å². The van der Waals surface area contributed by atoms with Crippen molar-refractivity contribution in [3.63, 3.8) is 0 Å². The maximum Gasteiger partial charge on any atom is 0.220 e. The lowest BCUT2D eigenvalue weighted by Crippen LogP contribution is -2.34. The Morgan fingerprint density at radius 1 is 1.33 bits per heavy atom. The molecule has 1 aromatic carbocycles. The molecule has 5 heteroatoms. The number of benzene rings is 1. The summed E-state index contributed by atoms with van der Waals surface area (Å²) in [5, 5.41) is 2.99. The quantitative estimate of drug-likeness (QED) is 0.725. The molecule has 4 nitrogen and oxygen atoms in total. The highest BCUT2D eigenvalue weighted by molar-refractivity contribution is 5.85. The molecule has 1 rings (SSSR count). The Balaban J connectivity index is 0.00000400. The number of nitrogens with two attached hydrogens (primary N) is 1. The number of hydrogen-bond donors (Lipinski definition) is 2. The standard InChI is InChI=1S/C16H26N2O2.ClH/c1-16(2,10-11-20-3)12-18-15(19)9-8-13-6-4-5-7-14(13)17;/h4-7H,8-12,17H2,1-3H3,(H,18,19);1H. The number of carbonyl (C=O) groups is 1. The summed E-state index contributed by atoms with van der Waals surface area (Å²) in [6.07, 6.45) is 2.07. The molecule has 0 atom stereocenters. The van der Waals surface area contributed by atoms with E-state index in [0.29, 0.717) is 26.0 Å². The fourth-order valence-electron chi connectivity index (χ4n) is 1.90. The molecule has 0 unspecified atom stereocenters. The number of nitrogens with one attached hydrogen (secondary N) is 1. The van der Waals surface area contributed by atoms with Gasteiger partial charge in [-0.25, -0.2) is 0 Å². The summed E-state index contributed by atoms with van der Waals surface area (Å²) in [5.41, 5.74) is 7.69. The van der Waals surface area contributed by atoms with E-state index in [9.17, 15) is 4.79 Å². The second kappa shape index (κ2) is 9.64. The van der Waals surface area contributed by atoms with E-state index in [0.717, 1.165) is 17.7 Å². The lowest BCUT2D eigenvalue weighted by Gasteiger charge is -2.24. The number of methoxy groups -OCH3 is 1. The lowest BCUT2D eigenvalue weighted by molar-refractivity contribution is -0.121. The number of carbonyl (C=O) groups excluding carboxylic acids is 1. The summed E-state index contributed by atoms with van der Waals surface area (Å²) in [6, 6.07) is 7.67. The van der Waals surface area contributed by atoms with Crippen LogP contribution >= 0.6 is 12.4 Å². The van der Waals surface area contributed by atoms with Gasteiger partial charge in [0, 0.05) is 32.4 Å². The number of halogens is 1. The number of rotatable bonds is 8. The van der Waals surface area contributed by atoms with Crippen LogP contribution in [0.15, 0.2) is 24.3 Å². The maximum absolute atomic E-state index is 11.9. The average molecular weight is 315 g/mol. The van der Waals surface area contributed by atoms with E-state index < -0.39 is 0 Å². The van der Waals surface area contributed by atoms with Gasteiger partial charge in [0.15, 0.2) is 0 Å². The van der Waals surface area contributed by atoms with Gasteiger partial charge in [-0.15, -0.1) is 12.4 Å². The summed E-state index contributed by atoms with van der Waals surface area (Å²) in [7, 11) is 1.69. The minimum atomic E-state index is 0. The average Bonchev–Trinajstić information content (AvgIpc) is 2.42. The molecule has 1 aromatic rings. The van der Waals surface area contributed by atoms with Crippen LogP contribution in [0, 0.1) is 5.41 Å². The maximum atomic E-state index is 11.9. The number of hydrogen-bond acceptors (Lipinski definition) is 3. The van der Waals surface area contributed by atoms with E-state index in [4.69, 9.17) is 10.5 Å². The van der Waals surface area contributed by atoms with Crippen LogP contribution in [0.3, 0.4) is 0 Å². The third kappa shape index (κ3) is 7.93. The van der Waals surface area contributed by atoms with Crippen LogP contribution in [0.1, 0.15) is 32.3 Å². The third-order valence-electron chi connectivity index (χ3n) is 3.42. The molecule has 0 saturated heterocycles. The fraction of sp³-hybridized carbons (Fsp3) is 0.562. The highest BCUT2D eigenvalue weighted by atomic mass is 35.5. The summed E-state index contributed by atoms with van der Waals surface area (Å²) in [4.78, 5) is 11.9. The van der Waals surface area contributed by atoms with Crippen molar-refractivity contribution >= 4 is 24.0 Å². The minimum Gasteiger partial charge on any atom is -0.399 e. The molecule has 0 aliphatic heterocycles. The molecule has 0 radical (unpaired) electrons. The smallest absolute Gasteiger partial charge is 0.220 e. The topological polar surface area (TPSA) is 64.3 Å². The molecule has 0 aliphatic carbocycles. The molecule has 0 spiro atoms. The normalized spacial score (nSPS) is 10.8. The Bertz CT molecular complexity index is 436. The number of nitrogen functional groups attached to an aromatic ring is 1. The monoisotopic (exact) mass is 314 g/mol. The second-order valence-corrected chi connectivity index (χ2v) is 5.88. The largest absolute Gasteiger partial charge is 0.399 e. The predicted molar refractivity (Wildman–Crippen MR) is 89.7 cm³/mol. The van der Waals surface area contributed by atoms with Gasteiger partial charge in [0.25, 0.3) is 0 Å². The van der Waals surface area contributed by atoms with E-state index in [1.54, 1.807) is 7.11 Å². The first-order chi connectivity index (χ1) is 9.44. The van der Waals surface area contributed by atoms with Gasteiger partial charge in [-0.3, -0.25) is 4.79 Å². The first-order valence-corrected chi connectivity index (χ1v) is 7.03. The molecule has 0 fully saturated rings. The molecular weight excluding hydrogens is 288 g/mol. The minimum absolute atomic E-state index is 0. The molecule has 0 aromatic heterocycles. The zero-order valence-electron chi connectivity index (χ0n) is 13.1. The first kappa shape index (κ1) is 19.7. The SMILES string of the molecule is COCCC(C)(C)CNC(=O)CCc1ccccc1N.Cl. The van der Waals surface area contributed by atoms with Crippen molar-refractivity contribution < 1.29 is 9.53 Å². The number of ether oxygens (including phenoxy) is 1. The second-order valence-electron chi connectivity index (χ2n) is 5.88. The number of para-hydroxylation sites is 1. The van der Waals surface area contributed by atoms with Gasteiger partial charge in [0.05, 0.1) is 0 Å². The molecule has 21 heavy (non-hydrogen) atoms. The van der Waals surface area contributed by atoms with Crippen molar-refractivity contribution in [3.8, 4) is 0 Å². The van der Waals surface area contributed by atoms with Crippen molar-refractivity contribution in [2.24, 2.45) is 5.41 Å². The van der Waals surface area contributed by atoms with Gasteiger partial charge in [0.2, 0.25) is 5.91 Å². The predicted octanol–water partition coefficient (Wildman–Crippen LogP) is 2.80. The Kier molecular flexibility index (Phi) is 9.06. The Labute approximate surface area is 133 Å². The zero-order chi connectivity index (χ0) is 15.0. The molecule has 3 N–H and O–H groups in total. The molecule has 0 saturated carbocycles. The van der Waals surface area contributed by atoms with Crippen molar-refractivity contribution in [2.75, 3.05) is 26.0 Å². The lowest BCUT2D eigenvalue weighted by atomic mass is 9.89. The van der Waals surface area contributed by atoms with E-state index >= 15 is 0 Å². The van der Waals surface area contributed by atoms with Gasteiger partial charge < -0.3 is 15.8 Å². The van der Waals surface area contributed by atoms with E-state index in [1.165, 1.54) is 0 Å². The Hall–Kier alpha value is -1.26. The molecule has 0 aliphatic rings. The van der Waals surface area contributed by atoms with Crippen molar-refractivity contribution in [1.82, 2.24) is 5.32 Å². The molecular formula is C16H27ClN2O2. The van der Waals surface area contributed by atoms with Crippen molar-refractivity contribution in [1.29, 1.82) is 0 Å². The summed E-state index contributed by atoms with van der Waals surface area (Å²) >= 11 is 0. The van der Waals surface area contributed by atoms with Crippen LogP contribution in [-0.2, 0) is 16.0 Å². The van der Waals surface area contributed by atoms with Crippen LogP contribution < -0.4 is 11.1 Å². The first-order valence-electron chi connectivity index (χ1n) is 7.03. The van der Waals surface area contributed by atoms with E-state index in [2.05, 4.69) is 19.2 Å². The van der Waals surface area contributed by atoms with Crippen LogP contribution in [0.25, 0.3) is 0 Å². The van der Waals surface area contributed by atoms with Crippen molar-refractivity contribution in [2.45, 2.75) is 33.1 Å². The third-order valence-corrected chi connectivity index (χ3v) is 3.42. The Morgan fingerprint density at radius 3 is 2.62 bits per heavy atom. The van der Waals surface area contributed by atoms with Crippen molar-refractivity contribution in [3.05, 3.63) is 29.8 Å². The van der Waals surface area contributed by atoms with Crippen LogP contribution in [0.4, 0.5) is 5.69 Å². The van der Waals surface area contributed by atoms with Gasteiger partial charge in [-0.05, 0) is 29.9 Å². The molecule has 1 amide bonds. The highest BCUT2D eigenvalue weighted by Crippen LogP contribution is 2.19. The van der Waals surface area contributed by atoms with Crippen LogP contribution in [0.5, 0.6) is 0 Å². The van der Waals surface area contributed by atoms with Gasteiger partial charge in [-0.2, -0.15) is 0 Å². The number of aryl methyl sites for hydroxylation is 1. The fourth-order valence-corrected chi connectivity index (χ4v) is 1.90. The number of anilines is 1. The van der Waals surface area contributed by atoms with Gasteiger partial charge in [-0.1, -0.05) is 32.0 Å².